The highest BCUT2D eigenvalue weighted by Crippen LogP contribution is 2.23. The summed E-state index contributed by atoms with van der Waals surface area (Å²) in [5, 5.41) is 0. The third-order valence-corrected chi connectivity index (χ3v) is 2.89. The van der Waals surface area contributed by atoms with E-state index >= 15 is 0 Å². The van der Waals surface area contributed by atoms with Gasteiger partial charge in [0.25, 0.3) is 0 Å². The van der Waals surface area contributed by atoms with Crippen molar-refractivity contribution in [1.82, 2.24) is 0 Å². The van der Waals surface area contributed by atoms with Crippen molar-refractivity contribution in [1.29, 1.82) is 0 Å². The zero-order chi connectivity index (χ0) is 15.5. The highest BCUT2D eigenvalue weighted by Gasteiger charge is 2.19. The molecule has 110 valence electrons. The fourth-order valence-electron chi connectivity index (χ4n) is 2.03. The van der Waals surface area contributed by atoms with E-state index in [1.807, 2.05) is 40.7 Å². The molecule has 1 aromatic rings. The molecule has 0 aliphatic rings. The molecule has 0 unspecified atom stereocenters. The van der Waals surface area contributed by atoms with Crippen LogP contribution in [0.2, 0.25) is 0 Å². The van der Waals surface area contributed by atoms with Crippen molar-refractivity contribution >= 4 is 11.5 Å². The molecule has 0 fully saturated rings. The maximum atomic E-state index is 14.1. The van der Waals surface area contributed by atoms with Gasteiger partial charge in [-0.05, 0) is 56.9 Å². The molecule has 20 heavy (non-hydrogen) atoms. The summed E-state index contributed by atoms with van der Waals surface area (Å²) in [6, 6.07) is 3.30. The number of hydrogen-bond donors (Lipinski definition) is 0. The highest BCUT2D eigenvalue weighted by molar-refractivity contribution is 5.74. The predicted molar refractivity (Wildman–Crippen MR) is 80.0 cm³/mol. The molecule has 0 radical (unpaired) electrons. The lowest BCUT2D eigenvalue weighted by atomic mass is 9.96. The summed E-state index contributed by atoms with van der Waals surface area (Å²) in [5.74, 6) is -0.628. The first-order chi connectivity index (χ1) is 9.14. The monoisotopic (exact) mass is 278 g/mol. The Kier molecular flexibility index (Phi) is 5.09. The lowest BCUT2D eigenvalue weighted by molar-refractivity contribution is -0.153. The molecule has 1 aromatic carbocycles. The number of esters is 1. The molecule has 2 nitrogen and oxygen atoms in total. The van der Waals surface area contributed by atoms with Crippen LogP contribution in [0.25, 0.3) is 5.57 Å². The van der Waals surface area contributed by atoms with E-state index in [1.54, 1.807) is 0 Å². The number of allylic oxidation sites excluding steroid dienone is 1. The van der Waals surface area contributed by atoms with Crippen molar-refractivity contribution in [3.63, 3.8) is 0 Å². The smallest absolute Gasteiger partial charge is 0.310 e. The maximum Gasteiger partial charge on any atom is 0.310 e. The number of hydrogen-bond acceptors (Lipinski definition) is 2. The fourth-order valence-corrected chi connectivity index (χ4v) is 2.03. The second-order valence-corrected chi connectivity index (χ2v) is 5.99. The van der Waals surface area contributed by atoms with Gasteiger partial charge in [-0.2, -0.15) is 0 Å². The Labute approximate surface area is 120 Å². The van der Waals surface area contributed by atoms with Crippen LogP contribution in [0.15, 0.2) is 18.7 Å². The Bertz CT molecular complexity index is 525. The van der Waals surface area contributed by atoms with Gasteiger partial charge in [-0.3, -0.25) is 4.79 Å². The summed E-state index contributed by atoms with van der Waals surface area (Å²) < 4.78 is 19.4. The van der Waals surface area contributed by atoms with Gasteiger partial charge in [0.05, 0.1) is 6.42 Å². The fraction of sp³-hybridized carbons (Fsp3) is 0.471. The number of rotatable bonds is 4. The molecule has 0 bridgehead atoms. The second kappa shape index (κ2) is 6.21. The van der Waals surface area contributed by atoms with E-state index in [2.05, 4.69) is 6.58 Å². The molecular formula is C17H23FO2. The van der Waals surface area contributed by atoms with E-state index in [0.29, 0.717) is 17.5 Å². The zero-order valence-electron chi connectivity index (χ0n) is 13.0. The molecule has 0 N–H and O–H groups in total. The van der Waals surface area contributed by atoms with Gasteiger partial charge in [-0.1, -0.05) is 25.1 Å². The Morgan fingerprint density at radius 1 is 1.35 bits per heavy atom. The van der Waals surface area contributed by atoms with Gasteiger partial charge in [0.1, 0.15) is 11.4 Å². The van der Waals surface area contributed by atoms with Gasteiger partial charge in [0, 0.05) is 0 Å². The van der Waals surface area contributed by atoms with Crippen molar-refractivity contribution in [2.45, 2.75) is 53.1 Å². The van der Waals surface area contributed by atoms with Crippen LogP contribution in [-0.2, 0) is 22.4 Å². The van der Waals surface area contributed by atoms with Crippen molar-refractivity contribution < 1.29 is 13.9 Å². The summed E-state index contributed by atoms with van der Waals surface area (Å²) in [6.07, 6.45) is 0.624. The summed E-state index contributed by atoms with van der Waals surface area (Å²) in [6.45, 7) is 13.0. The minimum Gasteiger partial charge on any atom is -0.460 e. The molecule has 0 atom stereocenters. The van der Waals surface area contributed by atoms with Crippen LogP contribution in [0.4, 0.5) is 4.39 Å². The third kappa shape index (κ3) is 4.48. The Hall–Kier alpha value is -1.64. The Morgan fingerprint density at radius 2 is 1.95 bits per heavy atom. The van der Waals surface area contributed by atoms with E-state index in [4.69, 9.17) is 4.74 Å². The number of carbonyl (C=O) groups excluding carboxylic acids is 1. The summed E-state index contributed by atoms with van der Waals surface area (Å²) in [5.41, 5.74) is 2.21. The van der Waals surface area contributed by atoms with Gasteiger partial charge in [-0.25, -0.2) is 4.39 Å². The van der Waals surface area contributed by atoms with Crippen LogP contribution in [-0.4, -0.2) is 11.6 Å². The standard InChI is InChI=1S/C17H23FO2/c1-7-14-13(10-16(19)20-17(4,5)6)8-12(11(2)3)9-15(14)18/h8-9H,2,7,10H2,1,3-6H3. The molecule has 1 rings (SSSR count). The highest BCUT2D eigenvalue weighted by atomic mass is 19.1. The number of ether oxygens (including phenoxy) is 1. The molecule has 3 heteroatoms. The van der Waals surface area contributed by atoms with E-state index in [9.17, 15) is 9.18 Å². The molecule has 0 aliphatic heterocycles. The minimum absolute atomic E-state index is 0.0818. The molecule has 0 aliphatic carbocycles. The molecule has 0 spiro atoms. The Morgan fingerprint density at radius 3 is 2.40 bits per heavy atom. The zero-order valence-corrected chi connectivity index (χ0v) is 13.0. The van der Waals surface area contributed by atoms with Crippen LogP contribution in [0, 0.1) is 5.82 Å². The van der Waals surface area contributed by atoms with Gasteiger partial charge >= 0.3 is 5.97 Å². The first-order valence-electron chi connectivity index (χ1n) is 6.83. The molecule has 0 heterocycles. The maximum absolute atomic E-state index is 14.1. The van der Waals surface area contributed by atoms with Crippen LogP contribution in [0.1, 0.15) is 51.3 Å². The molecule has 0 saturated carbocycles. The summed E-state index contributed by atoms with van der Waals surface area (Å²) in [4.78, 5) is 11.9. The van der Waals surface area contributed by atoms with Crippen LogP contribution < -0.4 is 0 Å². The lowest BCUT2D eigenvalue weighted by Gasteiger charge is -2.20. The van der Waals surface area contributed by atoms with Gasteiger partial charge in [0.2, 0.25) is 0 Å². The normalized spacial score (nSPS) is 11.3. The van der Waals surface area contributed by atoms with Gasteiger partial charge in [-0.15, -0.1) is 0 Å². The first-order valence-corrected chi connectivity index (χ1v) is 6.83. The molecule has 0 amide bonds. The van der Waals surface area contributed by atoms with Crippen molar-refractivity contribution in [3.8, 4) is 0 Å². The van der Waals surface area contributed by atoms with Crippen LogP contribution >= 0.6 is 0 Å². The minimum atomic E-state index is -0.534. The average molecular weight is 278 g/mol. The quantitative estimate of drug-likeness (QED) is 0.767. The predicted octanol–water partition coefficient (Wildman–Crippen LogP) is 4.31. The van der Waals surface area contributed by atoms with Crippen LogP contribution in [0.3, 0.4) is 0 Å². The number of carbonyl (C=O) groups is 1. The lowest BCUT2D eigenvalue weighted by Crippen LogP contribution is -2.25. The second-order valence-electron chi connectivity index (χ2n) is 5.99. The van der Waals surface area contributed by atoms with Gasteiger partial charge in [0.15, 0.2) is 0 Å². The Balaban J connectivity index is 3.09. The molecule has 0 saturated heterocycles. The first kappa shape index (κ1) is 16.4. The van der Waals surface area contributed by atoms with Crippen molar-refractivity contribution in [2.24, 2.45) is 0 Å². The van der Waals surface area contributed by atoms with Gasteiger partial charge < -0.3 is 4.74 Å². The van der Waals surface area contributed by atoms with Crippen molar-refractivity contribution in [3.05, 3.63) is 41.2 Å². The largest absolute Gasteiger partial charge is 0.460 e. The summed E-state index contributed by atoms with van der Waals surface area (Å²) in [7, 11) is 0. The van der Waals surface area contributed by atoms with E-state index in [0.717, 1.165) is 11.1 Å². The van der Waals surface area contributed by atoms with E-state index in [1.165, 1.54) is 6.07 Å². The van der Waals surface area contributed by atoms with E-state index in [-0.39, 0.29) is 18.2 Å². The number of halogens is 1. The summed E-state index contributed by atoms with van der Waals surface area (Å²) >= 11 is 0. The topological polar surface area (TPSA) is 26.3 Å². The van der Waals surface area contributed by atoms with Crippen LogP contribution in [0.5, 0.6) is 0 Å². The molecule has 0 aromatic heterocycles. The SMILES string of the molecule is C=C(C)c1cc(F)c(CC)c(CC(=O)OC(C)(C)C)c1. The molecular weight excluding hydrogens is 255 g/mol. The van der Waals surface area contributed by atoms with E-state index < -0.39 is 5.60 Å². The van der Waals surface area contributed by atoms with Crippen molar-refractivity contribution in [2.75, 3.05) is 0 Å². The average Bonchev–Trinajstić information content (AvgIpc) is 2.25. The third-order valence-electron chi connectivity index (χ3n) is 2.89. The number of benzene rings is 1.